The second-order valence-electron chi connectivity index (χ2n) is 16.9. The van der Waals surface area contributed by atoms with Crippen molar-refractivity contribution in [1.29, 1.82) is 0 Å². The molecule has 304 valence electrons. The quantitative estimate of drug-likeness (QED) is 0.138. The van der Waals surface area contributed by atoms with Gasteiger partial charge in [-0.3, -0.25) is 0 Å². The highest BCUT2D eigenvalue weighted by Crippen LogP contribution is 2.40. The van der Waals surface area contributed by atoms with Gasteiger partial charge in [0.05, 0.1) is 0 Å². The van der Waals surface area contributed by atoms with Gasteiger partial charge in [-0.15, -0.1) is 0 Å². The predicted octanol–water partition coefficient (Wildman–Crippen LogP) is 18.1. The van der Waals surface area contributed by atoms with Crippen molar-refractivity contribution >= 4 is 60.2 Å². The highest BCUT2D eigenvalue weighted by Gasteiger charge is 2.16. The molecule has 0 unspecified atom stereocenters. The number of anilines is 3. The third-order valence-electron chi connectivity index (χ3n) is 13.1. The maximum atomic E-state index is 2.37. The summed E-state index contributed by atoms with van der Waals surface area (Å²) >= 11 is 0. The molecule has 0 N–H and O–H groups in total. The first-order valence-electron chi connectivity index (χ1n) is 22.4. The minimum atomic E-state index is 1.09. The van der Waals surface area contributed by atoms with Crippen molar-refractivity contribution < 1.29 is 0 Å². The van der Waals surface area contributed by atoms with Gasteiger partial charge < -0.3 is 4.90 Å². The van der Waals surface area contributed by atoms with E-state index in [1.165, 1.54) is 98.7 Å². The molecule has 0 aliphatic heterocycles. The molecule has 65 heavy (non-hydrogen) atoms. The average Bonchev–Trinajstić information content (AvgIpc) is 3.39. The zero-order chi connectivity index (χ0) is 43.1. The van der Waals surface area contributed by atoms with E-state index in [1.807, 2.05) is 0 Å². The minimum Gasteiger partial charge on any atom is -0.311 e. The number of hydrogen-bond donors (Lipinski definition) is 0. The van der Waals surface area contributed by atoms with Gasteiger partial charge in [-0.1, -0.05) is 218 Å². The lowest BCUT2D eigenvalue weighted by Gasteiger charge is -2.26. The van der Waals surface area contributed by atoms with Crippen LogP contribution >= 0.6 is 0 Å². The molecule has 1 nitrogen and oxygen atoms in total. The van der Waals surface area contributed by atoms with E-state index in [2.05, 4.69) is 266 Å². The van der Waals surface area contributed by atoms with E-state index in [9.17, 15) is 0 Å². The molecule has 1 heteroatoms. The Kier molecular flexibility index (Phi) is 9.58. The molecular weight excluding hydrogens is 783 g/mol. The van der Waals surface area contributed by atoms with Gasteiger partial charge >= 0.3 is 0 Å². The van der Waals surface area contributed by atoms with Crippen molar-refractivity contribution in [3.05, 3.63) is 261 Å². The first-order chi connectivity index (χ1) is 32.2. The molecule has 12 aromatic carbocycles. The van der Waals surface area contributed by atoms with Gasteiger partial charge in [-0.25, -0.2) is 0 Å². The summed E-state index contributed by atoms with van der Waals surface area (Å²) in [5.41, 5.74) is 15.4. The maximum absolute atomic E-state index is 2.37. The van der Waals surface area contributed by atoms with Crippen LogP contribution in [0.1, 0.15) is 0 Å². The van der Waals surface area contributed by atoms with Crippen molar-refractivity contribution in [2.45, 2.75) is 0 Å². The molecule has 0 aliphatic rings. The van der Waals surface area contributed by atoms with Crippen molar-refractivity contribution in [3.8, 4) is 55.6 Å². The first-order valence-corrected chi connectivity index (χ1v) is 22.4. The molecule has 0 bridgehead atoms. The Balaban J connectivity index is 0.897. The van der Waals surface area contributed by atoms with Gasteiger partial charge in [0.2, 0.25) is 0 Å². The SMILES string of the molecule is c1cc(-c2ccc(N(c3ccc(-c4ccc(-c5cccc6ccccc56)cc4)cc3)c3ccc(-c4cccc5c4ccc4ccccc45)cc3)cc2)cc(-c2cccc3ccccc23)c1. The molecule has 0 fully saturated rings. The van der Waals surface area contributed by atoms with Crippen molar-refractivity contribution in [2.24, 2.45) is 0 Å². The summed E-state index contributed by atoms with van der Waals surface area (Å²) in [6.07, 6.45) is 0. The Morgan fingerprint density at radius 3 is 1.11 bits per heavy atom. The lowest BCUT2D eigenvalue weighted by atomic mass is 9.94. The molecule has 0 saturated heterocycles. The summed E-state index contributed by atoms with van der Waals surface area (Å²) in [7, 11) is 0. The average molecular weight is 826 g/mol. The Morgan fingerprint density at radius 1 is 0.185 bits per heavy atom. The molecule has 0 aromatic heterocycles. The maximum Gasteiger partial charge on any atom is 0.0462 e. The van der Waals surface area contributed by atoms with Gasteiger partial charge in [-0.2, -0.15) is 0 Å². The van der Waals surface area contributed by atoms with E-state index in [1.54, 1.807) is 0 Å². The summed E-state index contributed by atoms with van der Waals surface area (Å²) < 4.78 is 0. The van der Waals surface area contributed by atoms with Crippen LogP contribution in [0.25, 0.3) is 98.7 Å². The van der Waals surface area contributed by atoms with Gasteiger partial charge in [0, 0.05) is 17.1 Å². The van der Waals surface area contributed by atoms with Crippen LogP contribution in [-0.4, -0.2) is 0 Å². The fraction of sp³-hybridized carbons (Fsp3) is 0. The predicted molar refractivity (Wildman–Crippen MR) is 278 cm³/mol. The fourth-order valence-electron chi connectivity index (χ4n) is 9.80. The second kappa shape index (κ2) is 16.3. The number of fused-ring (bicyclic) bond motifs is 5. The van der Waals surface area contributed by atoms with Crippen LogP contribution < -0.4 is 4.90 Å². The fourth-order valence-corrected chi connectivity index (χ4v) is 9.80. The third kappa shape index (κ3) is 7.10. The number of nitrogens with zero attached hydrogens (tertiary/aromatic N) is 1. The van der Waals surface area contributed by atoms with Crippen LogP contribution in [-0.2, 0) is 0 Å². The van der Waals surface area contributed by atoms with Gasteiger partial charge in [0.1, 0.15) is 0 Å². The van der Waals surface area contributed by atoms with Crippen LogP contribution in [0, 0.1) is 0 Å². The van der Waals surface area contributed by atoms with E-state index < -0.39 is 0 Å². The third-order valence-corrected chi connectivity index (χ3v) is 13.1. The highest BCUT2D eigenvalue weighted by molar-refractivity contribution is 6.12. The molecular formula is C64H43N. The molecule has 0 atom stereocenters. The normalized spacial score (nSPS) is 11.4. The van der Waals surface area contributed by atoms with Gasteiger partial charge in [0.15, 0.2) is 0 Å². The Morgan fingerprint density at radius 2 is 0.538 bits per heavy atom. The smallest absolute Gasteiger partial charge is 0.0462 e. The molecule has 0 aliphatic carbocycles. The first kappa shape index (κ1) is 38.2. The lowest BCUT2D eigenvalue weighted by molar-refractivity contribution is 1.28. The molecule has 0 saturated carbocycles. The zero-order valence-electron chi connectivity index (χ0n) is 35.8. The largest absolute Gasteiger partial charge is 0.311 e. The Labute approximate surface area is 379 Å². The number of rotatable bonds is 8. The van der Waals surface area contributed by atoms with E-state index >= 15 is 0 Å². The minimum absolute atomic E-state index is 1.09. The van der Waals surface area contributed by atoms with Crippen LogP contribution in [0.3, 0.4) is 0 Å². The van der Waals surface area contributed by atoms with Crippen LogP contribution in [0.15, 0.2) is 261 Å². The standard InChI is InChI=1S/C64H43N/c1-4-18-57-47(11-1)14-8-21-59(57)50-27-25-44(26-28-50)45-29-36-54(37-30-45)65(56-40-33-51(34-41-56)61-23-10-24-63-60-20-6-3-13-49(60)35-42-64(61)63)55-38-31-46(32-39-55)52-16-7-17-53(43-52)62-22-9-15-48-12-2-5-19-58(48)62/h1-43H. The lowest BCUT2D eigenvalue weighted by Crippen LogP contribution is -2.09. The molecule has 12 rings (SSSR count). The van der Waals surface area contributed by atoms with Crippen molar-refractivity contribution in [2.75, 3.05) is 4.90 Å². The summed E-state index contributed by atoms with van der Waals surface area (Å²) in [4.78, 5) is 2.37. The topological polar surface area (TPSA) is 3.24 Å². The van der Waals surface area contributed by atoms with E-state index in [-0.39, 0.29) is 0 Å². The van der Waals surface area contributed by atoms with Crippen LogP contribution in [0.2, 0.25) is 0 Å². The summed E-state index contributed by atoms with van der Waals surface area (Å²) in [5, 5.41) is 10.1. The Bertz CT molecular complexity index is 3670. The van der Waals surface area contributed by atoms with E-state index in [0.717, 1.165) is 17.1 Å². The van der Waals surface area contributed by atoms with Crippen LogP contribution in [0.5, 0.6) is 0 Å². The number of hydrogen-bond acceptors (Lipinski definition) is 1. The highest BCUT2D eigenvalue weighted by atomic mass is 15.1. The van der Waals surface area contributed by atoms with E-state index in [0.29, 0.717) is 0 Å². The summed E-state index contributed by atoms with van der Waals surface area (Å²) in [6.45, 7) is 0. The van der Waals surface area contributed by atoms with Crippen LogP contribution in [0.4, 0.5) is 17.1 Å². The van der Waals surface area contributed by atoms with E-state index in [4.69, 9.17) is 0 Å². The molecule has 0 radical (unpaired) electrons. The number of benzene rings is 12. The monoisotopic (exact) mass is 825 g/mol. The second-order valence-corrected chi connectivity index (χ2v) is 16.9. The summed E-state index contributed by atoms with van der Waals surface area (Å²) in [5.74, 6) is 0. The van der Waals surface area contributed by atoms with Gasteiger partial charge in [-0.05, 0) is 141 Å². The zero-order valence-corrected chi connectivity index (χ0v) is 35.8. The van der Waals surface area contributed by atoms with Crippen molar-refractivity contribution in [3.63, 3.8) is 0 Å². The Hall–Kier alpha value is -8.52. The molecule has 0 amide bonds. The van der Waals surface area contributed by atoms with Gasteiger partial charge in [0.25, 0.3) is 0 Å². The molecule has 0 spiro atoms. The molecule has 12 aromatic rings. The van der Waals surface area contributed by atoms with Crippen molar-refractivity contribution in [1.82, 2.24) is 0 Å². The summed E-state index contributed by atoms with van der Waals surface area (Å²) in [6, 6.07) is 95.1. The molecule has 0 heterocycles.